The van der Waals surface area contributed by atoms with Gasteiger partial charge in [0.2, 0.25) is 5.82 Å². The van der Waals surface area contributed by atoms with E-state index in [9.17, 15) is 14.5 Å². The van der Waals surface area contributed by atoms with Crippen LogP contribution >= 0.6 is 0 Å². The Labute approximate surface area is 111 Å². The van der Waals surface area contributed by atoms with E-state index in [1.165, 1.54) is 18.6 Å². The SMILES string of the molecule is CN1CCCC1CNCc1cccc([N+](=O)[O-])c1F. The highest BCUT2D eigenvalue weighted by Crippen LogP contribution is 2.20. The van der Waals surface area contributed by atoms with Crippen molar-refractivity contribution in [1.82, 2.24) is 10.2 Å². The molecule has 1 aromatic carbocycles. The molecule has 1 heterocycles. The van der Waals surface area contributed by atoms with Crippen LogP contribution in [-0.4, -0.2) is 36.0 Å². The van der Waals surface area contributed by atoms with Gasteiger partial charge >= 0.3 is 5.69 Å². The summed E-state index contributed by atoms with van der Waals surface area (Å²) in [5.74, 6) is -0.736. The van der Waals surface area contributed by atoms with E-state index in [1.54, 1.807) is 6.07 Å². The van der Waals surface area contributed by atoms with Crippen molar-refractivity contribution in [2.45, 2.75) is 25.4 Å². The van der Waals surface area contributed by atoms with Gasteiger partial charge in [0.1, 0.15) is 0 Å². The Bertz CT molecular complexity index is 467. The van der Waals surface area contributed by atoms with Crippen molar-refractivity contribution in [3.05, 3.63) is 39.7 Å². The Hall–Kier alpha value is -1.53. The molecule has 1 aliphatic heterocycles. The van der Waals surface area contributed by atoms with Gasteiger partial charge in [-0.05, 0) is 26.4 Å². The summed E-state index contributed by atoms with van der Waals surface area (Å²) in [6.45, 7) is 2.19. The highest BCUT2D eigenvalue weighted by molar-refractivity contribution is 5.36. The van der Waals surface area contributed by atoms with Gasteiger partial charge in [-0.25, -0.2) is 0 Å². The number of hydrogen-bond acceptors (Lipinski definition) is 4. The van der Waals surface area contributed by atoms with Crippen molar-refractivity contribution < 1.29 is 9.31 Å². The topological polar surface area (TPSA) is 58.4 Å². The lowest BCUT2D eigenvalue weighted by Crippen LogP contribution is -2.35. The van der Waals surface area contributed by atoms with Crippen LogP contribution < -0.4 is 5.32 Å². The van der Waals surface area contributed by atoms with Gasteiger partial charge in [-0.2, -0.15) is 4.39 Å². The summed E-state index contributed by atoms with van der Waals surface area (Å²) in [5, 5.41) is 13.8. The minimum atomic E-state index is -0.736. The van der Waals surface area contributed by atoms with Crippen LogP contribution in [0.3, 0.4) is 0 Å². The van der Waals surface area contributed by atoms with Crippen molar-refractivity contribution in [3.63, 3.8) is 0 Å². The zero-order chi connectivity index (χ0) is 13.8. The quantitative estimate of drug-likeness (QED) is 0.654. The van der Waals surface area contributed by atoms with Crippen molar-refractivity contribution >= 4 is 5.69 Å². The van der Waals surface area contributed by atoms with Gasteiger partial charge in [-0.15, -0.1) is 0 Å². The Balaban J connectivity index is 1.92. The van der Waals surface area contributed by atoms with Crippen LogP contribution in [0.4, 0.5) is 10.1 Å². The molecule has 0 amide bonds. The van der Waals surface area contributed by atoms with Gasteiger partial charge in [-0.1, -0.05) is 12.1 Å². The number of likely N-dealkylation sites (N-methyl/N-ethyl adjacent to an activating group) is 1. The molecule has 1 N–H and O–H groups in total. The van der Waals surface area contributed by atoms with Crippen LogP contribution in [-0.2, 0) is 6.54 Å². The fourth-order valence-electron chi connectivity index (χ4n) is 2.45. The number of likely N-dealkylation sites (tertiary alicyclic amines) is 1. The first kappa shape index (κ1) is 13.9. The molecule has 1 fully saturated rings. The number of benzene rings is 1. The van der Waals surface area contributed by atoms with E-state index in [2.05, 4.69) is 17.3 Å². The van der Waals surface area contributed by atoms with Gasteiger partial charge < -0.3 is 10.2 Å². The third kappa shape index (κ3) is 3.27. The first-order valence-corrected chi connectivity index (χ1v) is 6.42. The van der Waals surface area contributed by atoms with E-state index in [4.69, 9.17) is 0 Å². The summed E-state index contributed by atoms with van der Waals surface area (Å²) >= 11 is 0. The summed E-state index contributed by atoms with van der Waals surface area (Å²) < 4.78 is 13.8. The van der Waals surface area contributed by atoms with E-state index < -0.39 is 16.4 Å². The molecule has 6 heteroatoms. The molecule has 0 spiro atoms. The number of nitro groups is 1. The molecule has 0 bridgehead atoms. The lowest BCUT2D eigenvalue weighted by molar-refractivity contribution is -0.387. The average molecular weight is 267 g/mol. The van der Waals surface area contributed by atoms with Crippen molar-refractivity contribution in [3.8, 4) is 0 Å². The predicted molar refractivity (Wildman–Crippen MR) is 70.4 cm³/mol. The molecule has 19 heavy (non-hydrogen) atoms. The molecule has 1 atom stereocenters. The van der Waals surface area contributed by atoms with Gasteiger partial charge in [0, 0.05) is 30.8 Å². The lowest BCUT2D eigenvalue weighted by Gasteiger charge is -2.19. The second kappa shape index (κ2) is 6.08. The second-order valence-electron chi connectivity index (χ2n) is 4.91. The molecule has 0 saturated carbocycles. The molecule has 5 nitrogen and oxygen atoms in total. The van der Waals surface area contributed by atoms with E-state index in [1.807, 2.05) is 0 Å². The smallest absolute Gasteiger partial charge is 0.305 e. The van der Waals surface area contributed by atoms with E-state index in [0.29, 0.717) is 18.2 Å². The average Bonchev–Trinajstić information content (AvgIpc) is 2.77. The third-order valence-corrected chi connectivity index (χ3v) is 3.62. The fraction of sp³-hybridized carbons (Fsp3) is 0.538. The van der Waals surface area contributed by atoms with E-state index in [0.717, 1.165) is 19.5 Å². The Morgan fingerprint density at radius 3 is 3.00 bits per heavy atom. The molecular formula is C13H18FN3O2. The fourth-order valence-corrected chi connectivity index (χ4v) is 2.45. The van der Waals surface area contributed by atoms with Crippen LogP contribution in [0.2, 0.25) is 0 Å². The molecule has 0 radical (unpaired) electrons. The standard InChI is InChI=1S/C13H18FN3O2/c1-16-7-3-5-11(16)9-15-8-10-4-2-6-12(13(10)14)17(18)19/h2,4,6,11,15H,3,5,7-9H2,1H3. The first-order valence-electron chi connectivity index (χ1n) is 6.42. The largest absolute Gasteiger partial charge is 0.311 e. The number of nitrogens with one attached hydrogen (secondary N) is 1. The Morgan fingerprint density at radius 1 is 1.58 bits per heavy atom. The molecule has 1 saturated heterocycles. The van der Waals surface area contributed by atoms with Crippen LogP contribution in [0.15, 0.2) is 18.2 Å². The van der Waals surface area contributed by atoms with Gasteiger partial charge in [0.05, 0.1) is 4.92 Å². The van der Waals surface area contributed by atoms with Crippen LogP contribution in [0.1, 0.15) is 18.4 Å². The minimum absolute atomic E-state index is 0.317. The molecule has 1 aliphatic rings. The highest BCUT2D eigenvalue weighted by Gasteiger charge is 2.21. The summed E-state index contributed by atoms with van der Waals surface area (Å²) in [5.41, 5.74) is -0.118. The summed E-state index contributed by atoms with van der Waals surface area (Å²) in [7, 11) is 2.08. The molecule has 0 aliphatic carbocycles. The molecule has 1 unspecified atom stereocenters. The van der Waals surface area contributed by atoms with Crippen molar-refractivity contribution in [2.24, 2.45) is 0 Å². The van der Waals surface area contributed by atoms with Crippen LogP contribution in [0.5, 0.6) is 0 Å². The number of halogens is 1. The molecule has 2 rings (SSSR count). The predicted octanol–water partition coefficient (Wildman–Crippen LogP) is 1.92. The summed E-state index contributed by atoms with van der Waals surface area (Å²) in [6, 6.07) is 4.75. The van der Waals surface area contributed by atoms with Crippen LogP contribution in [0.25, 0.3) is 0 Å². The number of rotatable bonds is 5. The molecule has 104 valence electrons. The summed E-state index contributed by atoms with van der Waals surface area (Å²) in [6.07, 6.45) is 2.33. The normalized spacial score (nSPS) is 19.8. The minimum Gasteiger partial charge on any atom is -0.311 e. The van der Waals surface area contributed by atoms with E-state index >= 15 is 0 Å². The maximum Gasteiger partial charge on any atom is 0.305 e. The van der Waals surface area contributed by atoms with Gasteiger partial charge in [-0.3, -0.25) is 10.1 Å². The molecule has 1 aromatic rings. The van der Waals surface area contributed by atoms with Crippen molar-refractivity contribution in [2.75, 3.05) is 20.1 Å². The van der Waals surface area contributed by atoms with Gasteiger partial charge in [0.25, 0.3) is 0 Å². The maximum absolute atomic E-state index is 13.8. The lowest BCUT2D eigenvalue weighted by atomic mass is 10.1. The zero-order valence-electron chi connectivity index (χ0n) is 10.9. The van der Waals surface area contributed by atoms with Crippen LogP contribution in [0, 0.1) is 15.9 Å². The number of hydrogen-bond donors (Lipinski definition) is 1. The van der Waals surface area contributed by atoms with E-state index in [-0.39, 0.29) is 0 Å². The Kier molecular flexibility index (Phi) is 4.44. The maximum atomic E-state index is 13.8. The highest BCUT2D eigenvalue weighted by atomic mass is 19.1. The van der Waals surface area contributed by atoms with Gasteiger partial charge in [0.15, 0.2) is 0 Å². The zero-order valence-corrected chi connectivity index (χ0v) is 10.9. The third-order valence-electron chi connectivity index (χ3n) is 3.62. The molecular weight excluding hydrogens is 249 g/mol. The van der Waals surface area contributed by atoms with Crippen molar-refractivity contribution in [1.29, 1.82) is 0 Å². The molecule has 0 aromatic heterocycles. The second-order valence-corrected chi connectivity index (χ2v) is 4.91. The number of nitro benzene ring substituents is 1. The number of nitrogens with zero attached hydrogens (tertiary/aromatic N) is 2. The summed E-state index contributed by atoms with van der Waals surface area (Å²) in [4.78, 5) is 12.2. The Morgan fingerprint density at radius 2 is 2.37 bits per heavy atom. The monoisotopic (exact) mass is 267 g/mol. The first-order chi connectivity index (χ1) is 9.09.